The molecule has 1 aliphatic heterocycles. The second-order valence-corrected chi connectivity index (χ2v) is 9.91. The predicted molar refractivity (Wildman–Crippen MR) is 129 cm³/mol. The average molecular weight is 460 g/mol. The highest BCUT2D eigenvalue weighted by molar-refractivity contribution is 8.00. The van der Waals surface area contributed by atoms with Crippen molar-refractivity contribution < 1.29 is 14.4 Å². The lowest BCUT2D eigenvalue weighted by molar-refractivity contribution is -0.131. The summed E-state index contributed by atoms with van der Waals surface area (Å²) >= 11 is 1.39. The minimum Gasteiger partial charge on any atom is -0.355 e. The molecule has 0 atom stereocenters. The molecule has 1 saturated carbocycles. The molecular formula is C25H37N3O3S. The molecule has 3 amide bonds. The highest BCUT2D eigenvalue weighted by Crippen LogP contribution is 2.24. The third kappa shape index (κ3) is 8.15. The van der Waals surface area contributed by atoms with Crippen molar-refractivity contribution in [3.05, 3.63) is 29.8 Å². The molecule has 0 unspecified atom stereocenters. The molecule has 1 aliphatic carbocycles. The van der Waals surface area contributed by atoms with Crippen LogP contribution in [-0.2, 0) is 9.59 Å². The van der Waals surface area contributed by atoms with Gasteiger partial charge in [-0.3, -0.25) is 14.4 Å². The molecule has 1 aromatic carbocycles. The number of amides is 3. The van der Waals surface area contributed by atoms with E-state index in [1.54, 1.807) is 6.07 Å². The molecule has 1 saturated heterocycles. The van der Waals surface area contributed by atoms with Crippen LogP contribution in [0.5, 0.6) is 0 Å². The highest BCUT2D eigenvalue weighted by atomic mass is 32.2. The van der Waals surface area contributed by atoms with E-state index in [0.717, 1.165) is 37.4 Å². The Labute approximate surface area is 196 Å². The van der Waals surface area contributed by atoms with Crippen LogP contribution in [0.3, 0.4) is 0 Å². The van der Waals surface area contributed by atoms with Crippen LogP contribution in [0, 0.1) is 5.92 Å². The number of rotatable bonds is 9. The highest BCUT2D eigenvalue weighted by Gasteiger charge is 2.18. The van der Waals surface area contributed by atoms with E-state index in [0.29, 0.717) is 30.2 Å². The standard InChI is InChI=1S/C25H37N3O3S/c29-23(27-18-20-10-4-3-5-11-20)19-32-22-13-7-6-12-21(22)25(31)26-15-14-24(30)28-16-8-1-2-9-17-28/h6-7,12-13,20H,1-5,8-11,14-19H2,(H,26,31)(H,27,29). The zero-order valence-corrected chi connectivity index (χ0v) is 19.9. The molecule has 2 aliphatic rings. The molecule has 2 N–H and O–H groups in total. The number of hydrogen-bond acceptors (Lipinski definition) is 4. The fourth-order valence-electron chi connectivity index (χ4n) is 4.48. The zero-order chi connectivity index (χ0) is 22.6. The smallest absolute Gasteiger partial charge is 0.252 e. The third-order valence-corrected chi connectivity index (χ3v) is 7.46. The molecule has 7 heteroatoms. The van der Waals surface area contributed by atoms with E-state index in [-0.39, 0.29) is 17.7 Å². The Bertz CT molecular complexity index is 757. The number of nitrogens with one attached hydrogen (secondary N) is 2. The van der Waals surface area contributed by atoms with Gasteiger partial charge in [0.1, 0.15) is 0 Å². The van der Waals surface area contributed by atoms with Gasteiger partial charge in [-0.05, 0) is 43.7 Å². The maximum absolute atomic E-state index is 12.7. The molecule has 3 rings (SSSR count). The molecule has 0 spiro atoms. The van der Waals surface area contributed by atoms with E-state index in [1.165, 1.54) is 56.7 Å². The summed E-state index contributed by atoms with van der Waals surface area (Å²) in [6, 6.07) is 7.34. The minimum atomic E-state index is -0.195. The number of nitrogens with zero attached hydrogens (tertiary/aromatic N) is 1. The average Bonchev–Trinajstić information content (AvgIpc) is 3.12. The van der Waals surface area contributed by atoms with E-state index in [1.807, 2.05) is 23.1 Å². The van der Waals surface area contributed by atoms with Crippen LogP contribution >= 0.6 is 11.8 Å². The van der Waals surface area contributed by atoms with Gasteiger partial charge < -0.3 is 15.5 Å². The van der Waals surface area contributed by atoms with E-state index in [4.69, 9.17) is 0 Å². The number of carbonyl (C=O) groups is 3. The summed E-state index contributed by atoms with van der Waals surface area (Å²) in [6.07, 6.45) is 11.1. The van der Waals surface area contributed by atoms with Crippen molar-refractivity contribution in [3.8, 4) is 0 Å². The second-order valence-electron chi connectivity index (χ2n) is 8.89. The number of likely N-dealkylation sites (tertiary alicyclic amines) is 1. The van der Waals surface area contributed by atoms with Crippen LogP contribution in [0.2, 0.25) is 0 Å². The van der Waals surface area contributed by atoms with E-state index in [9.17, 15) is 14.4 Å². The Hall–Kier alpha value is -2.02. The van der Waals surface area contributed by atoms with Gasteiger partial charge in [0.25, 0.3) is 5.91 Å². The SMILES string of the molecule is O=C(CSc1ccccc1C(=O)NCCC(=O)N1CCCCCC1)NCC1CCCCC1. The zero-order valence-electron chi connectivity index (χ0n) is 19.1. The lowest BCUT2D eigenvalue weighted by atomic mass is 9.89. The molecule has 6 nitrogen and oxygen atoms in total. The molecule has 1 aromatic rings. The van der Waals surface area contributed by atoms with Crippen LogP contribution in [0.25, 0.3) is 0 Å². The summed E-state index contributed by atoms with van der Waals surface area (Å²) in [5, 5.41) is 5.93. The molecular weight excluding hydrogens is 422 g/mol. The van der Waals surface area contributed by atoms with Crippen LogP contribution in [0.4, 0.5) is 0 Å². The molecule has 1 heterocycles. The van der Waals surface area contributed by atoms with Gasteiger partial charge in [0.2, 0.25) is 11.8 Å². The third-order valence-electron chi connectivity index (χ3n) is 6.39. The molecule has 176 valence electrons. The van der Waals surface area contributed by atoms with Crippen molar-refractivity contribution in [2.45, 2.75) is 69.1 Å². The maximum Gasteiger partial charge on any atom is 0.252 e. The van der Waals surface area contributed by atoms with Crippen LogP contribution in [0.1, 0.15) is 74.6 Å². The number of hydrogen-bond donors (Lipinski definition) is 2. The predicted octanol–water partition coefficient (Wildman–Crippen LogP) is 4.00. The van der Waals surface area contributed by atoms with Crippen molar-refractivity contribution >= 4 is 29.5 Å². The molecule has 0 radical (unpaired) electrons. The summed E-state index contributed by atoms with van der Waals surface area (Å²) in [6.45, 7) is 2.74. The van der Waals surface area contributed by atoms with Gasteiger partial charge in [-0.25, -0.2) is 0 Å². The number of thioether (sulfide) groups is 1. The number of benzene rings is 1. The lowest BCUT2D eigenvalue weighted by Gasteiger charge is -2.21. The normalized spacial score (nSPS) is 17.4. The quantitative estimate of drug-likeness (QED) is 0.547. The second kappa shape index (κ2) is 13.5. The summed E-state index contributed by atoms with van der Waals surface area (Å²) < 4.78 is 0. The van der Waals surface area contributed by atoms with Crippen LogP contribution in [-0.4, -0.2) is 54.6 Å². The van der Waals surface area contributed by atoms with Gasteiger partial charge in [-0.15, -0.1) is 11.8 Å². The van der Waals surface area contributed by atoms with Crippen LogP contribution in [0.15, 0.2) is 29.2 Å². The Morgan fingerprint density at radius 3 is 2.34 bits per heavy atom. The Morgan fingerprint density at radius 2 is 1.59 bits per heavy atom. The summed E-state index contributed by atoms with van der Waals surface area (Å²) in [7, 11) is 0. The minimum absolute atomic E-state index is 0.0128. The van der Waals surface area contributed by atoms with E-state index < -0.39 is 0 Å². The first-order valence-electron chi connectivity index (χ1n) is 12.2. The Balaban J connectivity index is 1.41. The van der Waals surface area contributed by atoms with Gasteiger partial charge in [-0.1, -0.05) is 44.2 Å². The van der Waals surface area contributed by atoms with Crippen molar-refractivity contribution in [2.24, 2.45) is 5.92 Å². The topological polar surface area (TPSA) is 78.5 Å². The van der Waals surface area contributed by atoms with Crippen molar-refractivity contribution in [1.29, 1.82) is 0 Å². The van der Waals surface area contributed by atoms with Gasteiger partial charge >= 0.3 is 0 Å². The van der Waals surface area contributed by atoms with Gasteiger partial charge in [0.05, 0.1) is 11.3 Å². The summed E-state index contributed by atoms with van der Waals surface area (Å²) in [5.41, 5.74) is 0.555. The van der Waals surface area contributed by atoms with E-state index >= 15 is 0 Å². The Kier molecular flexibility index (Phi) is 10.4. The number of carbonyl (C=O) groups excluding carboxylic acids is 3. The fraction of sp³-hybridized carbons (Fsp3) is 0.640. The Morgan fingerprint density at radius 1 is 0.906 bits per heavy atom. The summed E-state index contributed by atoms with van der Waals surface area (Å²) in [4.78, 5) is 40.1. The van der Waals surface area contributed by atoms with Crippen LogP contribution < -0.4 is 10.6 Å². The lowest BCUT2D eigenvalue weighted by Crippen LogP contribution is -2.35. The van der Waals surface area contributed by atoms with Crippen molar-refractivity contribution in [2.75, 3.05) is 31.9 Å². The maximum atomic E-state index is 12.7. The van der Waals surface area contributed by atoms with Gasteiger partial charge in [0.15, 0.2) is 0 Å². The molecule has 0 aromatic heterocycles. The monoisotopic (exact) mass is 459 g/mol. The van der Waals surface area contributed by atoms with Crippen molar-refractivity contribution in [1.82, 2.24) is 15.5 Å². The first kappa shape index (κ1) is 24.6. The summed E-state index contributed by atoms with van der Waals surface area (Å²) in [5.74, 6) is 0.834. The van der Waals surface area contributed by atoms with E-state index in [2.05, 4.69) is 10.6 Å². The first-order valence-corrected chi connectivity index (χ1v) is 13.2. The molecule has 32 heavy (non-hydrogen) atoms. The molecule has 0 bridgehead atoms. The first-order chi connectivity index (χ1) is 15.6. The fourth-order valence-corrected chi connectivity index (χ4v) is 5.36. The van der Waals surface area contributed by atoms with Crippen molar-refractivity contribution in [3.63, 3.8) is 0 Å². The van der Waals surface area contributed by atoms with Gasteiger partial charge in [-0.2, -0.15) is 0 Å². The van der Waals surface area contributed by atoms with Gasteiger partial charge in [0, 0.05) is 37.5 Å². The molecule has 2 fully saturated rings. The largest absolute Gasteiger partial charge is 0.355 e.